The Labute approximate surface area is 360 Å². The lowest BCUT2D eigenvalue weighted by atomic mass is 10.1. The van der Waals surface area contributed by atoms with Gasteiger partial charge in [-0.1, -0.05) is 32.9 Å². The average molecular weight is 866 g/mol. The maximum atomic E-state index is 13.8. The first-order valence-corrected chi connectivity index (χ1v) is 23.4. The molecule has 1 aromatic carbocycles. The van der Waals surface area contributed by atoms with E-state index in [1.807, 2.05) is 32.9 Å². The lowest BCUT2D eigenvalue weighted by Gasteiger charge is -2.36. The van der Waals surface area contributed by atoms with Crippen LogP contribution in [0.25, 0.3) is 22.2 Å². The Bertz CT molecular complexity index is 2700. The number of aromatic nitrogens is 9. The zero-order valence-electron chi connectivity index (χ0n) is 36.7. The molecule has 0 unspecified atom stereocenters. The summed E-state index contributed by atoms with van der Waals surface area (Å²) in [6.45, 7) is 20.4. The summed E-state index contributed by atoms with van der Waals surface area (Å²) in [7, 11) is -1.99. The first kappa shape index (κ1) is 44.9. The largest absolute Gasteiger partial charge is 0.491 e. The summed E-state index contributed by atoms with van der Waals surface area (Å²) in [5.41, 5.74) is 15.4. The number of anilines is 2. The van der Waals surface area contributed by atoms with Crippen LogP contribution in [0.5, 0.6) is 5.75 Å². The Morgan fingerprint density at radius 3 is 1.84 bits per heavy atom. The van der Waals surface area contributed by atoms with Gasteiger partial charge in [0.25, 0.3) is 11.8 Å². The number of fused-ring (bicyclic) bond motifs is 2. The molecule has 0 fully saturated rings. The number of amides is 4. The Kier molecular flexibility index (Phi) is 13.1. The van der Waals surface area contributed by atoms with E-state index in [0.29, 0.717) is 76.8 Å². The standard InChI is InChI=1S/C42H55N13O6Si/c1-10-54-31(19-25(3)50-54)38(58)48-40-46-29-21-27(35(43)56)23-33(60-17-14-18-61-62(8,9)42(5,6)7)34(29)52(40)15-12-13-16-53-37-30(22-28(24-45-37)36(44)57)47-41(53)49-39(59)32-20-26(4)51-55(32)11-2/h12-13,19-24H,10-11,14-18H2,1-9H3,(H2,43,56)(H2,44,57)(H,46,48,58)(H,47,49,59). The van der Waals surface area contributed by atoms with E-state index in [4.69, 9.17) is 25.6 Å². The summed E-state index contributed by atoms with van der Waals surface area (Å²) in [6.07, 6.45) is 5.62. The number of imidazole rings is 2. The van der Waals surface area contributed by atoms with Crippen molar-refractivity contribution in [2.45, 2.75) is 99.2 Å². The maximum absolute atomic E-state index is 13.8. The van der Waals surface area contributed by atoms with Crippen molar-refractivity contribution in [3.63, 3.8) is 0 Å². The molecular weight excluding hydrogens is 811 g/mol. The van der Waals surface area contributed by atoms with Crippen molar-refractivity contribution in [2.24, 2.45) is 11.5 Å². The number of benzene rings is 1. The number of rotatable bonds is 18. The summed E-state index contributed by atoms with van der Waals surface area (Å²) in [5, 5.41) is 14.7. The predicted octanol–water partition coefficient (Wildman–Crippen LogP) is 5.58. The molecule has 0 aliphatic rings. The average Bonchev–Trinajstić information content (AvgIpc) is 3.97. The van der Waals surface area contributed by atoms with Gasteiger partial charge in [0.15, 0.2) is 14.0 Å². The lowest BCUT2D eigenvalue weighted by Crippen LogP contribution is -2.41. The van der Waals surface area contributed by atoms with Crippen LogP contribution in [0.1, 0.15) is 94.1 Å². The highest BCUT2D eigenvalue weighted by Crippen LogP contribution is 2.37. The van der Waals surface area contributed by atoms with Gasteiger partial charge in [0.2, 0.25) is 23.7 Å². The van der Waals surface area contributed by atoms with Crippen LogP contribution in [0, 0.1) is 13.8 Å². The van der Waals surface area contributed by atoms with Gasteiger partial charge < -0.3 is 25.2 Å². The zero-order chi connectivity index (χ0) is 45.1. The molecule has 0 saturated heterocycles. The van der Waals surface area contributed by atoms with Crippen LogP contribution in [-0.4, -0.2) is 88.8 Å². The highest BCUT2D eigenvalue weighted by Gasteiger charge is 2.37. The van der Waals surface area contributed by atoms with Crippen LogP contribution in [0.2, 0.25) is 18.1 Å². The minimum Gasteiger partial charge on any atom is -0.491 e. The van der Waals surface area contributed by atoms with Crippen molar-refractivity contribution in [1.82, 2.24) is 43.6 Å². The van der Waals surface area contributed by atoms with E-state index in [2.05, 4.69) is 64.7 Å². The fourth-order valence-electron chi connectivity index (χ4n) is 6.58. The first-order chi connectivity index (χ1) is 29.3. The van der Waals surface area contributed by atoms with Gasteiger partial charge in [0, 0.05) is 51.0 Å². The van der Waals surface area contributed by atoms with Crippen molar-refractivity contribution in [3.05, 3.63) is 82.6 Å². The molecule has 0 saturated carbocycles. The van der Waals surface area contributed by atoms with E-state index in [9.17, 15) is 19.2 Å². The third kappa shape index (κ3) is 9.60. The number of nitrogens with one attached hydrogen (secondary N) is 2. The van der Waals surface area contributed by atoms with E-state index in [0.717, 1.165) is 0 Å². The molecule has 4 amide bonds. The van der Waals surface area contributed by atoms with Gasteiger partial charge in [0.05, 0.1) is 29.1 Å². The fourth-order valence-corrected chi connectivity index (χ4v) is 7.67. The van der Waals surface area contributed by atoms with E-state index < -0.39 is 31.9 Å². The summed E-state index contributed by atoms with van der Waals surface area (Å²) in [6, 6.07) is 8.03. The third-order valence-corrected chi connectivity index (χ3v) is 15.4. The van der Waals surface area contributed by atoms with Gasteiger partial charge in [-0.15, -0.1) is 0 Å². The summed E-state index contributed by atoms with van der Waals surface area (Å²) in [5.74, 6) is -1.48. The molecule has 5 aromatic heterocycles. The number of carbonyl (C=O) groups excluding carboxylic acids is 4. The molecule has 0 spiro atoms. The number of carbonyl (C=O) groups is 4. The van der Waals surface area contributed by atoms with Gasteiger partial charge >= 0.3 is 0 Å². The topological polar surface area (TPSA) is 247 Å². The second-order valence-corrected chi connectivity index (χ2v) is 21.2. The second kappa shape index (κ2) is 18.1. The quantitative estimate of drug-likeness (QED) is 0.0472. The van der Waals surface area contributed by atoms with Crippen LogP contribution in [0.15, 0.2) is 48.7 Å². The molecule has 0 aliphatic heterocycles. The molecule has 6 N–H and O–H groups in total. The number of hydrogen-bond acceptors (Lipinski definition) is 11. The summed E-state index contributed by atoms with van der Waals surface area (Å²) < 4.78 is 19.4. The van der Waals surface area contributed by atoms with Gasteiger partial charge in [0.1, 0.15) is 28.2 Å². The van der Waals surface area contributed by atoms with Crippen molar-refractivity contribution < 1.29 is 28.3 Å². The minimum absolute atomic E-state index is 0.0498. The maximum Gasteiger partial charge on any atom is 0.276 e. The van der Waals surface area contributed by atoms with Crippen molar-refractivity contribution in [3.8, 4) is 5.75 Å². The molecule has 20 heteroatoms. The van der Waals surface area contributed by atoms with Gasteiger partial charge in [-0.3, -0.25) is 43.7 Å². The van der Waals surface area contributed by atoms with Crippen LogP contribution >= 0.6 is 0 Å². The zero-order valence-corrected chi connectivity index (χ0v) is 37.7. The summed E-state index contributed by atoms with van der Waals surface area (Å²) in [4.78, 5) is 65.7. The molecule has 6 aromatic rings. The van der Waals surface area contributed by atoms with Crippen LogP contribution in [0.3, 0.4) is 0 Å². The van der Waals surface area contributed by atoms with Crippen LogP contribution in [0.4, 0.5) is 11.9 Å². The monoisotopic (exact) mass is 865 g/mol. The third-order valence-electron chi connectivity index (χ3n) is 10.8. The number of ether oxygens (including phenoxy) is 1. The summed E-state index contributed by atoms with van der Waals surface area (Å²) >= 11 is 0. The number of nitrogens with two attached hydrogens (primary N) is 2. The molecule has 0 bridgehead atoms. The highest BCUT2D eigenvalue weighted by molar-refractivity contribution is 6.74. The highest BCUT2D eigenvalue weighted by atomic mass is 28.4. The molecule has 19 nitrogen and oxygen atoms in total. The minimum atomic E-state index is -1.99. The predicted molar refractivity (Wildman–Crippen MR) is 238 cm³/mol. The number of nitrogens with zero attached hydrogens (tertiary/aromatic N) is 9. The van der Waals surface area contributed by atoms with E-state index in [1.54, 1.807) is 49.7 Å². The van der Waals surface area contributed by atoms with Crippen molar-refractivity contribution in [2.75, 3.05) is 23.8 Å². The van der Waals surface area contributed by atoms with Crippen LogP contribution < -0.4 is 26.8 Å². The Morgan fingerprint density at radius 1 is 0.758 bits per heavy atom. The van der Waals surface area contributed by atoms with E-state index in [-0.39, 0.29) is 47.8 Å². The normalized spacial score (nSPS) is 12.1. The molecule has 62 heavy (non-hydrogen) atoms. The second-order valence-electron chi connectivity index (χ2n) is 16.4. The molecule has 0 radical (unpaired) electrons. The molecule has 5 heterocycles. The van der Waals surface area contributed by atoms with E-state index >= 15 is 0 Å². The Morgan fingerprint density at radius 2 is 1.29 bits per heavy atom. The van der Waals surface area contributed by atoms with Gasteiger partial charge in [-0.05, 0) is 76.2 Å². The molecule has 328 valence electrons. The molecule has 0 aliphatic carbocycles. The van der Waals surface area contributed by atoms with Gasteiger partial charge in [-0.2, -0.15) is 10.2 Å². The number of allylic oxidation sites excluding steroid dienone is 2. The number of pyridine rings is 1. The molecule has 6 rings (SSSR count). The first-order valence-electron chi connectivity index (χ1n) is 20.4. The molecular formula is C42H55N13O6Si. The Balaban J connectivity index is 1.35. The van der Waals surface area contributed by atoms with Crippen LogP contribution in [-0.2, 0) is 30.6 Å². The van der Waals surface area contributed by atoms with Crippen molar-refractivity contribution in [1.29, 1.82) is 0 Å². The molecule has 0 atom stereocenters. The van der Waals surface area contributed by atoms with Gasteiger partial charge in [-0.25, -0.2) is 15.0 Å². The number of aryl methyl sites for hydroxylation is 4. The van der Waals surface area contributed by atoms with Crippen molar-refractivity contribution >= 4 is 66.0 Å². The Hall–Kier alpha value is -6.67. The SMILES string of the molecule is CCn1nc(C)cc1C(=O)Nc1nc2cc(C(N)=O)cnc2n1CC=CCn1c(NC(=O)c2cc(C)nn2CC)nc2cc(C(N)=O)cc(OCCCO[Si](C)(C)C(C)(C)C)c21. The van der Waals surface area contributed by atoms with E-state index in [1.165, 1.54) is 12.3 Å². The number of primary amides is 2. The number of hydrogen-bond donors (Lipinski definition) is 4. The fraction of sp³-hybridized carbons (Fsp3) is 0.405. The lowest BCUT2D eigenvalue weighted by molar-refractivity contribution is 0.0991. The smallest absolute Gasteiger partial charge is 0.276 e.